The van der Waals surface area contributed by atoms with Crippen molar-refractivity contribution in [3.63, 3.8) is 0 Å². The van der Waals surface area contributed by atoms with Crippen molar-refractivity contribution >= 4 is 95.9 Å². The third-order valence-electron chi connectivity index (χ3n) is 19.2. The van der Waals surface area contributed by atoms with E-state index in [2.05, 4.69) is 287 Å². The molecule has 0 N–H and O–H groups in total. The predicted molar refractivity (Wildman–Crippen MR) is 337 cm³/mol. The Kier molecular flexibility index (Phi) is 10.4. The minimum Gasteiger partial charge on any atom is -0.376 e. The molecule has 2 aliphatic carbocycles. The summed E-state index contributed by atoms with van der Waals surface area (Å²) in [6, 6.07) is 80.7. The SMILES string of the molecule is CC1(C)CCC(C)(C)c2cc(N3B4c5cc6c(cc5-n5c7ccc8ccccc8c7c7c(N(c8ccccc8)c8ccccc8)cc(c4c75)-c4ccc(N(c5ccccc5)c5ccccc5)cc43)C(C)(C)CCC6(C)C)ccc21. The maximum Gasteiger partial charge on any atom is 0.333 e. The Labute approximate surface area is 466 Å². The number of hydrogen-bond acceptors (Lipinski definition) is 3. The van der Waals surface area contributed by atoms with Crippen LogP contribution < -0.4 is 25.5 Å². The second kappa shape index (κ2) is 17.1. The van der Waals surface area contributed by atoms with Gasteiger partial charge in [-0.2, -0.15) is 0 Å². The highest BCUT2D eigenvalue weighted by Crippen LogP contribution is 2.55. The molecule has 0 fully saturated rings. The molecule has 0 saturated heterocycles. The molecule has 0 spiro atoms. The first kappa shape index (κ1) is 47.9. The number of anilines is 8. The number of hydrogen-bond donors (Lipinski definition) is 0. The maximum atomic E-state index is 2.80. The molecule has 0 bridgehead atoms. The van der Waals surface area contributed by atoms with Crippen molar-refractivity contribution in [1.82, 2.24) is 4.57 Å². The fourth-order valence-electron chi connectivity index (χ4n) is 14.8. The normalized spacial score (nSPS) is 16.8. The number of aromatic nitrogens is 1. The molecule has 0 amide bonds. The second-order valence-corrected chi connectivity index (χ2v) is 25.8. The summed E-state index contributed by atoms with van der Waals surface area (Å²) < 4.78 is 2.72. The molecule has 0 unspecified atom stereocenters. The third-order valence-corrected chi connectivity index (χ3v) is 19.2. The molecule has 4 aliphatic rings. The fraction of sp³-hybridized carbons (Fsp3) is 0.216. The van der Waals surface area contributed by atoms with Gasteiger partial charge in [0, 0.05) is 61.8 Å². The van der Waals surface area contributed by atoms with Crippen LogP contribution in [0.15, 0.2) is 212 Å². The zero-order valence-electron chi connectivity index (χ0n) is 46.9. The lowest BCUT2D eigenvalue weighted by molar-refractivity contribution is 0.332. The van der Waals surface area contributed by atoms with Gasteiger partial charge in [-0.3, -0.25) is 0 Å². The van der Waals surface area contributed by atoms with Crippen LogP contribution in [0, 0.1) is 0 Å². The van der Waals surface area contributed by atoms with Gasteiger partial charge in [0.05, 0.1) is 16.7 Å². The lowest BCUT2D eigenvalue weighted by atomic mass is 9.43. The Balaban J connectivity index is 1.15. The zero-order valence-corrected chi connectivity index (χ0v) is 46.9. The van der Waals surface area contributed by atoms with Gasteiger partial charge in [0.25, 0.3) is 0 Å². The van der Waals surface area contributed by atoms with E-state index in [0.29, 0.717) is 0 Å². The summed E-state index contributed by atoms with van der Waals surface area (Å²) in [5.41, 5.74) is 24.2. The summed E-state index contributed by atoms with van der Waals surface area (Å²) in [4.78, 5) is 7.76. The summed E-state index contributed by atoms with van der Waals surface area (Å²) >= 11 is 0. The highest BCUT2D eigenvalue weighted by Gasteiger charge is 2.49. The van der Waals surface area contributed by atoms with E-state index < -0.39 is 0 Å². The second-order valence-electron chi connectivity index (χ2n) is 25.8. The molecule has 386 valence electrons. The summed E-state index contributed by atoms with van der Waals surface area (Å²) in [6.07, 6.45) is 4.58. The molecule has 10 aromatic carbocycles. The first-order valence-electron chi connectivity index (χ1n) is 28.8. The molecular formula is C74H67BN4. The van der Waals surface area contributed by atoms with E-state index in [1.165, 1.54) is 106 Å². The molecule has 2 aliphatic heterocycles. The van der Waals surface area contributed by atoms with E-state index in [4.69, 9.17) is 0 Å². The minimum absolute atomic E-state index is 0.00376. The van der Waals surface area contributed by atoms with Crippen LogP contribution in [-0.2, 0) is 21.7 Å². The standard InChI is InChI=1S/C74H67BN4/c1-71(2)39-40-72(3,4)59-43-54(35-37-58(59)71)79-64-44-53(76(49-24-13-9-14-25-49)50-26-15-10-16-27-50)34-36-56(64)57-45-66(77(51-28-17-11-18-29-51)52-30-19-12-20-31-52)68-67-55-32-22-21-23-48(55)33-38-63(67)78-65-47-61-60(73(5,6)41-42-74(61,7)8)46-62(65)75(79)69(57)70(68)78/h9-38,43-47H,39-42H2,1-8H3. The number of fused-ring (bicyclic) bond motifs is 12. The quantitative estimate of drug-likeness (QED) is 0.148. The van der Waals surface area contributed by atoms with Crippen molar-refractivity contribution < 1.29 is 0 Å². The van der Waals surface area contributed by atoms with E-state index in [9.17, 15) is 0 Å². The van der Waals surface area contributed by atoms with E-state index in [1.807, 2.05) is 0 Å². The number of benzene rings is 10. The van der Waals surface area contributed by atoms with Crippen LogP contribution in [0.25, 0.3) is 49.4 Å². The van der Waals surface area contributed by atoms with Crippen molar-refractivity contribution in [2.75, 3.05) is 14.6 Å². The zero-order chi connectivity index (χ0) is 53.7. The van der Waals surface area contributed by atoms with Crippen LogP contribution >= 0.6 is 0 Å². The van der Waals surface area contributed by atoms with Gasteiger partial charge in [-0.15, -0.1) is 0 Å². The largest absolute Gasteiger partial charge is 0.376 e. The molecular weight excluding hydrogens is 956 g/mol. The van der Waals surface area contributed by atoms with Crippen LogP contribution in [0.2, 0.25) is 0 Å². The Morgan fingerprint density at radius 2 is 0.911 bits per heavy atom. The predicted octanol–water partition coefficient (Wildman–Crippen LogP) is 18.8. The van der Waals surface area contributed by atoms with Crippen molar-refractivity contribution in [3.8, 4) is 16.8 Å². The first-order chi connectivity index (χ1) is 38.2. The Morgan fingerprint density at radius 1 is 0.392 bits per heavy atom. The Morgan fingerprint density at radius 3 is 1.51 bits per heavy atom. The Bertz CT molecular complexity index is 4190. The number of nitrogens with zero attached hydrogens (tertiary/aromatic N) is 4. The summed E-state index contributed by atoms with van der Waals surface area (Å²) in [6.45, 7) is 19.6. The van der Waals surface area contributed by atoms with Gasteiger partial charge in [-0.1, -0.05) is 177 Å². The molecule has 1 aromatic heterocycles. The number of rotatable bonds is 7. The van der Waals surface area contributed by atoms with Crippen LogP contribution in [0.5, 0.6) is 0 Å². The highest BCUT2D eigenvalue weighted by atomic mass is 15.2. The average molecular weight is 1020 g/mol. The Hall–Kier alpha value is -8.28. The van der Waals surface area contributed by atoms with Crippen LogP contribution in [-0.4, -0.2) is 11.4 Å². The molecule has 4 nitrogen and oxygen atoms in total. The van der Waals surface area contributed by atoms with Gasteiger partial charge in [0.1, 0.15) is 0 Å². The van der Waals surface area contributed by atoms with Gasteiger partial charge in [-0.25, -0.2) is 0 Å². The monoisotopic (exact) mass is 1020 g/mol. The lowest BCUT2D eigenvalue weighted by Crippen LogP contribution is -2.61. The van der Waals surface area contributed by atoms with Crippen LogP contribution in [0.1, 0.15) is 103 Å². The number of para-hydroxylation sites is 4. The molecule has 5 heteroatoms. The summed E-state index contributed by atoms with van der Waals surface area (Å²) in [5.74, 6) is 0. The van der Waals surface area contributed by atoms with Crippen molar-refractivity contribution in [1.29, 1.82) is 0 Å². The summed E-state index contributed by atoms with van der Waals surface area (Å²) in [5, 5.41) is 5.08. The molecule has 0 atom stereocenters. The van der Waals surface area contributed by atoms with Gasteiger partial charge in [0.15, 0.2) is 0 Å². The van der Waals surface area contributed by atoms with Crippen molar-refractivity contribution in [2.24, 2.45) is 0 Å². The van der Waals surface area contributed by atoms with Gasteiger partial charge in [-0.05, 0) is 188 Å². The highest BCUT2D eigenvalue weighted by molar-refractivity contribution is 6.94. The lowest BCUT2D eigenvalue weighted by Gasteiger charge is -2.47. The summed E-state index contributed by atoms with van der Waals surface area (Å²) in [7, 11) is 0. The average Bonchev–Trinajstić information content (AvgIpc) is 2.47. The first-order valence-corrected chi connectivity index (χ1v) is 28.8. The van der Waals surface area contributed by atoms with Gasteiger partial charge in [0.2, 0.25) is 0 Å². The van der Waals surface area contributed by atoms with E-state index in [1.54, 1.807) is 0 Å². The van der Waals surface area contributed by atoms with Crippen LogP contribution in [0.3, 0.4) is 0 Å². The van der Waals surface area contributed by atoms with Crippen molar-refractivity contribution in [3.05, 3.63) is 235 Å². The van der Waals surface area contributed by atoms with Crippen LogP contribution in [0.4, 0.5) is 45.5 Å². The topological polar surface area (TPSA) is 14.7 Å². The van der Waals surface area contributed by atoms with Gasteiger partial charge < -0.3 is 19.2 Å². The molecule has 15 rings (SSSR count). The van der Waals surface area contributed by atoms with E-state index in [0.717, 1.165) is 47.7 Å². The third kappa shape index (κ3) is 7.13. The maximum absolute atomic E-state index is 2.80. The smallest absolute Gasteiger partial charge is 0.333 e. The molecule has 0 saturated carbocycles. The minimum atomic E-state index is -0.180. The van der Waals surface area contributed by atoms with Gasteiger partial charge >= 0.3 is 6.85 Å². The van der Waals surface area contributed by atoms with E-state index in [-0.39, 0.29) is 28.5 Å². The fourth-order valence-corrected chi connectivity index (χ4v) is 14.8. The van der Waals surface area contributed by atoms with Crippen molar-refractivity contribution in [2.45, 2.75) is 103 Å². The molecule has 79 heavy (non-hydrogen) atoms. The van der Waals surface area contributed by atoms with E-state index >= 15 is 0 Å². The molecule has 3 heterocycles. The molecule has 0 radical (unpaired) electrons. The molecule has 11 aromatic rings.